The molecule has 0 aliphatic heterocycles. The maximum absolute atomic E-state index is 12.6. The lowest BCUT2D eigenvalue weighted by molar-refractivity contribution is 0.102. The van der Waals surface area contributed by atoms with Crippen LogP contribution in [0.1, 0.15) is 16.8 Å². The Labute approximate surface area is 160 Å². The Balaban J connectivity index is 1.76. The molecule has 0 saturated heterocycles. The number of hydrogen-bond acceptors (Lipinski definition) is 4. The van der Waals surface area contributed by atoms with Crippen LogP contribution in [0.25, 0.3) is 5.69 Å². The van der Waals surface area contributed by atoms with Gasteiger partial charge in [-0.15, -0.1) is 11.8 Å². The molecule has 3 aromatic rings. The molecule has 0 fully saturated rings. The summed E-state index contributed by atoms with van der Waals surface area (Å²) in [6.45, 7) is 0. The van der Waals surface area contributed by atoms with Crippen molar-refractivity contribution < 1.29 is 4.79 Å². The van der Waals surface area contributed by atoms with Gasteiger partial charge in [0.05, 0.1) is 34.2 Å². The molecule has 0 aliphatic rings. The second kappa shape index (κ2) is 8.56. The predicted octanol–water partition coefficient (Wildman–Crippen LogP) is 4.78. The Morgan fingerprint density at radius 1 is 1.23 bits per heavy atom. The van der Waals surface area contributed by atoms with Gasteiger partial charge in [0.25, 0.3) is 5.91 Å². The van der Waals surface area contributed by atoms with E-state index in [1.807, 2.05) is 42.5 Å². The number of aromatic nitrogens is 2. The number of para-hydroxylation sites is 2. The van der Waals surface area contributed by atoms with Crippen molar-refractivity contribution in [3.05, 3.63) is 71.5 Å². The zero-order valence-corrected chi connectivity index (χ0v) is 15.3. The molecule has 0 bridgehead atoms. The number of anilines is 1. The van der Waals surface area contributed by atoms with Crippen LogP contribution >= 0.6 is 23.4 Å². The quantitative estimate of drug-likeness (QED) is 0.491. The van der Waals surface area contributed by atoms with Crippen molar-refractivity contribution in [2.24, 2.45) is 0 Å². The van der Waals surface area contributed by atoms with Gasteiger partial charge in [-0.05, 0) is 24.3 Å². The fourth-order valence-corrected chi connectivity index (χ4v) is 3.39. The average molecular weight is 383 g/mol. The van der Waals surface area contributed by atoms with Crippen LogP contribution in [0.15, 0.2) is 65.8 Å². The van der Waals surface area contributed by atoms with Crippen molar-refractivity contribution in [3.63, 3.8) is 0 Å². The minimum absolute atomic E-state index is 0.253. The molecule has 1 aromatic heterocycles. The molecule has 2 aromatic carbocycles. The molecule has 0 radical (unpaired) electrons. The largest absolute Gasteiger partial charge is 0.321 e. The molecule has 1 amide bonds. The number of nitrogens with zero attached hydrogens (tertiary/aromatic N) is 3. The molecule has 26 heavy (non-hydrogen) atoms. The number of thioether (sulfide) groups is 1. The molecule has 0 saturated carbocycles. The molecular formula is C19H15ClN4OS. The summed E-state index contributed by atoms with van der Waals surface area (Å²) in [5.41, 5.74) is 1.85. The van der Waals surface area contributed by atoms with Crippen molar-refractivity contribution in [3.8, 4) is 11.8 Å². The summed E-state index contributed by atoms with van der Waals surface area (Å²) in [4.78, 5) is 13.5. The normalized spacial score (nSPS) is 10.3. The first kappa shape index (κ1) is 18.1. The highest BCUT2D eigenvalue weighted by molar-refractivity contribution is 7.99. The second-order valence-electron chi connectivity index (χ2n) is 5.33. The van der Waals surface area contributed by atoms with Crippen LogP contribution in [0.5, 0.6) is 0 Å². The van der Waals surface area contributed by atoms with E-state index >= 15 is 0 Å². The van der Waals surface area contributed by atoms with E-state index in [2.05, 4.69) is 16.5 Å². The Morgan fingerprint density at radius 2 is 2.00 bits per heavy atom. The number of carbonyl (C=O) groups excluding carboxylic acids is 1. The molecule has 5 nitrogen and oxygen atoms in total. The molecule has 130 valence electrons. The topological polar surface area (TPSA) is 70.7 Å². The van der Waals surface area contributed by atoms with Gasteiger partial charge in [0, 0.05) is 23.3 Å². The van der Waals surface area contributed by atoms with Crippen LogP contribution in [0.3, 0.4) is 0 Å². The van der Waals surface area contributed by atoms with Gasteiger partial charge in [-0.2, -0.15) is 10.4 Å². The Morgan fingerprint density at radius 3 is 2.81 bits per heavy atom. The lowest BCUT2D eigenvalue weighted by atomic mass is 10.3. The number of amides is 1. The van der Waals surface area contributed by atoms with E-state index in [-0.39, 0.29) is 5.91 Å². The zero-order chi connectivity index (χ0) is 18.4. The lowest BCUT2D eigenvalue weighted by Crippen LogP contribution is -2.11. The zero-order valence-electron chi connectivity index (χ0n) is 13.7. The molecule has 0 spiro atoms. The Bertz CT molecular complexity index is 964. The third kappa shape index (κ3) is 4.26. The molecule has 0 unspecified atom stereocenters. The minimum Gasteiger partial charge on any atom is -0.321 e. The van der Waals surface area contributed by atoms with Gasteiger partial charge in [-0.25, -0.2) is 4.68 Å². The average Bonchev–Trinajstić information content (AvgIpc) is 3.14. The van der Waals surface area contributed by atoms with Gasteiger partial charge >= 0.3 is 0 Å². The van der Waals surface area contributed by atoms with Crippen molar-refractivity contribution in [2.75, 3.05) is 11.1 Å². The molecule has 3 rings (SSSR count). The van der Waals surface area contributed by atoms with Crippen molar-refractivity contribution >= 4 is 35.0 Å². The summed E-state index contributed by atoms with van der Waals surface area (Å²) >= 11 is 7.71. The third-order valence-electron chi connectivity index (χ3n) is 3.55. The van der Waals surface area contributed by atoms with Crippen LogP contribution < -0.4 is 5.32 Å². The summed E-state index contributed by atoms with van der Waals surface area (Å²) in [6, 6.07) is 16.9. The highest BCUT2D eigenvalue weighted by Gasteiger charge is 2.13. The van der Waals surface area contributed by atoms with Crippen molar-refractivity contribution in [1.82, 2.24) is 9.78 Å². The van der Waals surface area contributed by atoms with Gasteiger partial charge < -0.3 is 5.32 Å². The third-order valence-corrected chi connectivity index (χ3v) is 4.95. The number of carbonyl (C=O) groups is 1. The van der Waals surface area contributed by atoms with Gasteiger partial charge in [-0.1, -0.05) is 35.9 Å². The molecule has 1 N–H and O–H groups in total. The van der Waals surface area contributed by atoms with Crippen molar-refractivity contribution in [2.45, 2.75) is 11.3 Å². The summed E-state index contributed by atoms with van der Waals surface area (Å²) in [5, 5.41) is 16.4. The molecular weight excluding hydrogens is 368 g/mol. The fourth-order valence-electron chi connectivity index (χ4n) is 2.31. The Kier molecular flexibility index (Phi) is 5.95. The summed E-state index contributed by atoms with van der Waals surface area (Å²) < 4.78 is 1.57. The number of nitrogens with one attached hydrogen (secondary N) is 1. The summed E-state index contributed by atoms with van der Waals surface area (Å²) in [5.74, 6) is 0.421. The van der Waals surface area contributed by atoms with E-state index in [4.69, 9.17) is 16.9 Å². The van der Waals surface area contributed by atoms with Crippen molar-refractivity contribution in [1.29, 1.82) is 5.26 Å². The fraction of sp³-hybridized carbons (Fsp3) is 0.105. The molecule has 0 atom stereocenters. The minimum atomic E-state index is -0.253. The van der Waals surface area contributed by atoms with E-state index < -0.39 is 0 Å². The van der Waals surface area contributed by atoms with E-state index in [1.54, 1.807) is 16.9 Å². The number of benzene rings is 2. The number of rotatable bonds is 6. The first-order chi connectivity index (χ1) is 12.7. The molecule has 1 heterocycles. The molecule has 7 heteroatoms. The van der Waals surface area contributed by atoms with Crippen LogP contribution in [-0.4, -0.2) is 21.4 Å². The SMILES string of the molecule is N#CCCSc1ccccc1NC(=O)c1cnn(-c2ccccc2Cl)c1. The van der Waals surface area contributed by atoms with Gasteiger partial charge in [0.15, 0.2) is 0 Å². The highest BCUT2D eigenvalue weighted by Crippen LogP contribution is 2.28. The molecule has 0 aliphatic carbocycles. The summed E-state index contributed by atoms with van der Waals surface area (Å²) in [7, 11) is 0. The van der Waals surface area contributed by atoms with E-state index in [1.165, 1.54) is 18.0 Å². The van der Waals surface area contributed by atoms with Crippen LogP contribution in [0.2, 0.25) is 5.02 Å². The maximum Gasteiger partial charge on any atom is 0.258 e. The van der Waals surface area contributed by atoms with Crippen LogP contribution in [0.4, 0.5) is 5.69 Å². The smallest absolute Gasteiger partial charge is 0.258 e. The van der Waals surface area contributed by atoms with Gasteiger partial charge in [0.1, 0.15) is 0 Å². The van der Waals surface area contributed by atoms with E-state index in [0.717, 1.165) is 4.90 Å². The number of halogens is 1. The first-order valence-corrected chi connectivity index (χ1v) is 9.25. The maximum atomic E-state index is 12.6. The van der Waals surface area contributed by atoms with Crippen LogP contribution in [-0.2, 0) is 0 Å². The summed E-state index contributed by atoms with van der Waals surface area (Å²) in [6.07, 6.45) is 3.60. The first-order valence-electron chi connectivity index (χ1n) is 7.89. The predicted molar refractivity (Wildman–Crippen MR) is 104 cm³/mol. The monoisotopic (exact) mass is 382 g/mol. The van der Waals surface area contributed by atoms with E-state index in [9.17, 15) is 4.79 Å². The van der Waals surface area contributed by atoms with Gasteiger partial charge in [-0.3, -0.25) is 4.79 Å². The standard InChI is InChI=1S/C19H15ClN4OS/c20-15-6-1-3-8-17(15)24-13-14(12-22-24)19(25)23-16-7-2-4-9-18(16)26-11-5-10-21/h1-4,6-9,12-13H,5,11H2,(H,23,25). The number of hydrogen-bond donors (Lipinski definition) is 1. The highest BCUT2D eigenvalue weighted by atomic mass is 35.5. The number of nitriles is 1. The van der Waals surface area contributed by atoms with Crippen LogP contribution in [0, 0.1) is 11.3 Å². The Hall–Kier alpha value is -2.75. The lowest BCUT2D eigenvalue weighted by Gasteiger charge is -2.09. The second-order valence-corrected chi connectivity index (χ2v) is 6.88. The van der Waals surface area contributed by atoms with E-state index in [0.29, 0.717) is 34.1 Å². The van der Waals surface area contributed by atoms with Gasteiger partial charge in [0.2, 0.25) is 0 Å².